The highest BCUT2D eigenvalue weighted by atomic mass is 32.2. The monoisotopic (exact) mass is 411 g/mol. The third-order valence-corrected chi connectivity index (χ3v) is 6.08. The fourth-order valence-electron chi connectivity index (χ4n) is 2.90. The first-order valence-electron chi connectivity index (χ1n) is 8.63. The van der Waals surface area contributed by atoms with Crippen molar-refractivity contribution in [1.29, 1.82) is 0 Å². The molecule has 28 heavy (non-hydrogen) atoms. The molecule has 0 spiro atoms. The third-order valence-electron chi connectivity index (χ3n) is 4.25. The molecule has 0 unspecified atom stereocenters. The summed E-state index contributed by atoms with van der Waals surface area (Å²) in [4.78, 5) is 33.8. The van der Waals surface area contributed by atoms with Gasteiger partial charge in [0.15, 0.2) is 4.96 Å². The van der Waals surface area contributed by atoms with Gasteiger partial charge in [-0.15, -0.1) is 11.3 Å². The van der Waals surface area contributed by atoms with Crippen molar-refractivity contribution in [1.82, 2.24) is 14.4 Å². The Hall–Kier alpha value is -2.71. The highest BCUT2D eigenvalue weighted by Crippen LogP contribution is 2.23. The first-order valence-corrected chi connectivity index (χ1v) is 10.5. The van der Waals surface area contributed by atoms with Gasteiger partial charge in [0.05, 0.1) is 22.0 Å². The van der Waals surface area contributed by atoms with Gasteiger partial charge >= 0.3 is 5.97 Å². The Labute approximate surface area is 169 Å². The van der Waals surface area contributed by atoms with E-state index < -0.39 is 0 Å². The largest absolute Gasteiger partial charge is 0.459 e. The van der Waals surface area contributed by atoms with Crippen LogP contribution in [0.15, 0.2) is 51.6 Å². The second-order valence-corrected chi connectivity index (χ2v) is 8.16. The highest BCUT2D eigenvalue weighted by Gasteiger charge is 2.11. The van der Waals surface area contributed by atoms with Crippen LogP contribution in [0.2, 0.25) is 0 Å². The van der Waals surface area contributed by atoms with Crippen LogP contribution >= 0.6 is 23.1 Å². The summed E-state index contributed by atoms with van der Waals surface area (Å²) >= 11 is 2.72. The summed E-state index contributed by atoms with van der Waals surface area (Å²) in [5.41, 5.74) is 3.15. The fourth-order valence-corrected chi connectivity index (χ4v) is 4.56. The Morgan fingerprint density at radius 1 is 1.21 bits per heavy atom. The molecule has 1 aromatic carbocycles. The summed E-state index contributed by atoms with van der Waals surface area (Å²) in [7, 11) is 0. The van der Waals surface area contributed by atoms with E-state index >= 15 is 0 Å². The van der Waals surface area contributed by atoms with Crippen LogP contribution < -0.4 is 5.56 Å². The van der Waals surface area contributed by atoms with Gasteiger partial charge in [0.25, 0.3) is 5.56 Å². The molecule has 0 bridgehead atoms. The van der Waals surface area contributed by atoms with E-state index in [0.29, 0.717) is 10.7 Å². The lowest BCUT2D eigenvalue weighted by molar-refractivity contribution is -0.141. The Balaban J connectivity index is 1.39. The van der Waals surface area contributed by atoms with Gasteiger partial charge in [-0.2, -0.15) is 0 Å². The number of thioether (sulfide) groups is 1. The predicted octanol–water partition coefficient (Wildman–Crippen LogP) is 3.76. The number of nitrogens with zero attached hydrogens (tertiary/aromatic N) is 3. The standard InChI is InChI=1S/C20H17N3O3S2/c1-12-7-17(22-16-6-4-3-5-15(12)16)27-11-19(25)26-9-14-8-18(24)23-13(2)10-28-20(23)21-14/h3-8,10H,9,11H2,1-2H3. The van der Waals surface area contributed by atoms with Crippen LogP contribution in [0.25, 0.3) is 15.9 Å². The summed E-state index contributed by atoms with van der Waals surface area (Å²) in [5.74, 6) is -0.230. The van der Waals surface area contributed by atoms with Gasteiger partial charge in [0, 0.05) is 22.5 Å². The van der Waals surface area contributed by atoms with Crippen molar-refractivity contribution in [3.05, 3.63) is 69.1 Å². The summed E-state index contributed by atoms with van der Waals surface area (Å²) in [6.45, 7) is 3.86. The molecule has 0 aliphatic rings. The number of thiazole rings is 1. The average Bonchev–Trinajstić information content (AvgIpc) is 3.06. The van der Waals surface area contributed by atoms with Gasteiger partial charge in [-0.25, -0.2) is 9.97 Å². The van der Waals surface area contributed by atoms with Crippen molar-refractivity contribution in [2.24, 2.45) is 0 Å². The predicted molar refractivity (Wildman–Crippen MR) is 111 cm³/mol. The number of carbonyl (C=O) groups is 1. The summed E-state index contributed by atoms with van der Waals surface area (Å²) in [6, 6.07) is 11.3. The first kappa shape index (κ1) is 18.6. The van der Waals surface area contributed by atoms with E-state index in [1.807, 2.05) is 49.6 Å². The maximum absolute atomic E-state index is 12.2. The van der Waals surface area contributed by atoms with Crippen LogP contribution in [-0.2, 0) is 16.1 Å². The van der Waals surface area contributed by atoms with Crippen molar-refractivity contribution >= 4 is 44.9 Å². The van der Waals surface area contributed by atoms with E-state index in [-0.39, 0.29) is 23.9 Å². The van der Waals surface area contributed by atoms with Crippen LogP contribution in [-0.4, -0.2) is 26.1 Å². The number of hydrogen-bond acceptors (Lipinski definition) is 7. The molecular formula is C20H17N3O3S2. The zero-order chi connectivity index (χ0) is 19.7. The number of rotatable bonds is 5. The highest BCUT2D eigenvalue weighted by molar-refractivity contribution is 7.99. The molecule has 4 aromatic rings. The Morgan fingerprint density at radius 3 is 2.89 bits per heavy atom. The quantitative estimate of drug-likeness (QED) is 0.368. The fraction of sp³-hybridized carbons (Fsp3) is 0.200. The number of aromatic nitrogens is 3. The molecule has 142 valence electrons. The van der Waals surface area contributed by atoms with E-state index in [0.717, 1.165) is 27.2 Å². The number of ether oxygens (including phenoxy) is 1. The Kier molecular flexibility index (Phi) is 5.15. The molecule has 6 nitrogen and oxygen atoms in total. The minimum atomic E-state index is -0.373. The summed E-state index contributed by atoms with van der Waals surface area (Å²) < 4.78 is 6.83. The molecule has 0 radical (unpaired) electrons. The minimum Gasteiger partial charge on any atom is -0.459 e. The molecule has 0 fully saturated rings. The van der Waals surface area contributed by atoms with Gasteiger partial charge in [0.2, 0.25) is 0 Å². The van der Waals surface area contributed by atoms with E-state index in [9.17, 15) is 9.59 Å². The van der Waals surface area contributed by atoms with Gasteiger partial charge in [-0.1, -0.05) is 30.0 Å². The van der Waals surface area contributed by atoms with Crippen molar-refractivity contribution in [3.63, 3.8) is 0 Å². The lowest BCUT2D eigenvalue weighted by Gasteiger charge is -2.07. The third kappa shape index (κ3) is 3.79. The van der Waals surface area contributed by atoms with Gasteiger partial charge in [0.1, 0.15) is 6.61 Å². The smallest absolute Gasteiger partial charge is 0.316 e. The molecule has 0 N–H and O–H groups in total. The summed E-state index contributed by atoms with van der Waals surface area (Å²) in [5, 5.41) is 3.75. The number of para-hydroxylation sites is 1. The molecule has 0 amide bonds. The molecule has 0 aliphatic heterocycles. The number of pyridine rings is 1. The van der Waals surface area contributed by atoms with E-state index in [4.69, 9.17) is 4.74 Å². The van der Waals surface area contributed by atoms with Crippen LogP contribution in [0.3, 0.4) is 0 Å². The zero-order valence-electron chi connectivity index (χ0n) is 15.3. The number of aryl methyl sites for hydroxylation is 2. The molecule has 0 saturated heterocycles. The first-order chi connectivity index (χ1) is 13.5. The average molecular weight is 412 g/mol. The molecule has 0 saturated carbocycles. The molecule has 8 heteroatoms. The molecule has 3 heterocycles. The second-order valence-electron chi connectivity index (χ2n) is 6.32. The van der Waals surface area contributed by atoms with Crippen LogP contribution in [0, 0.1) is 13.8 Å². The van der Waals surface area contributed by atoms with Crippen LogP contribution in [0.4, 0.5) is 0 Å². The Bertz CT molecular complexity index is 1250. The van der Waals surface area contributed by atoms with Gasteiger partial charge in [-0.3, -0.25) is 14.0 Å². The van der Waals surface area contributed by atoms with Crippen molar-refractivity contribution < 1.29 is 9.53 Å². The van der Waals surface area contributed by atoms with Crippen LogP contribution in [0.5, 0.6) is 0 Å². The number of esters is 1. The molecule has 3 aromatic heterocycles. The van der Waals surface area contributed by atoms with Crippen molar-refractivity contribution in [2.45, 2.75) is 25.5 Å². The molecular weight excluding hydrogens is 394 g/mol. The van der Waals surface area contributed by atoms with Crippen molar-refractivity contribution in [3.8, 4) is 0 Å². The molecule has 0 atom stereocenters. The zero-order valence-corrected chi connectivity index (χ0v) is 17.0. The lowest BCUT2D eigenvalue weighted by Crippen LogP contribution is -2.16. The topological polar surface area (TPSA) is 73.6 Å². The van der Waals surface area contributed by atoms with Crippen LogP contribution in [0.1, 0.15) is 17.0 Å². The lowest BCUT2D eigenvalue weighted by atomic mass is 10.1. The Morgan fingerprint density at radius 2 is 2.04 bits per heavy atom. The number of carbonyl (C=O) groups excluding carboxylic acids is 1. The number of benzene rings is 1. The van der Waals surface area contributed by atoms with Crippen molar-refractivity contribution in [2.75, 3.05) is 5.75 Å². The van der Waals surface area contributed by atoms with E-state index in [2.05, 4.69) is 9.97 Å². The SMILES string of the molecule is Cc1cc(SCC(=O)OCc2cc(=O)n3c(C)csc3n2)nc2ccccc12. The minimum absolute atomic E-state index is 0.0216. The van der Waals surface area contributed by atoms with E-state index in [1.54, 1.807) is 4.40 Å². The number of fused-ring (bicyclic) bond motifs is 2. The second kappa shape index (κ2) is 7.73. The normalized spacial score (nSPS) is 11.2. The number of hydrogen-bond donors (Lipinski definition) is 0. The van der Waals surface area contributed by atoms with Gasteiger partial charge < -0.3 is 4.74 Å². The summed E-state index contributed by atoms with van der Waals surface area (Å²) in [6.07, 6.45) is 0. The van der Waals surface area contributed by atoms with E-state index in [1.165, 1.54) is 29.2 Å². The molecule has 0 aliphatic carbocycles. The maximum atomic E-state index is 12.2. The maximum Gasteiger partial charge on any atom is 0.316 e. The van der Waals surface area contributed by atoms with Gasteiger partial charge in [-0.05, 0) is 31.5 Å². The molecule has 4 rings (SSSR count).